The molecule has 94 valence electrons. The number of aryl methyl sites for hydroxylation is 1. The van der Waals surface area contributed by atoms with E-state index in [0.29, 0.717) is 0 Å². The number of nitrogens with one attached hydrogen (secondary N) is 1. The third-order valence-corrected chi connectivity index (χ3v) is 2.98. The lowest BCUT2D eigenvalue weighted by molar-refractivity contribution is 0.916. The lowest BCUT2D eigenvalue weighted by Crippen LogP contribution is -2.17. The van der Waals surface area contributed by atoms with E-state index in [1.165, 1.54) is 16.8 Å². The van der Waals surface area contributed by atoms with E-state index in [0.717, 1.165) is 12.4 Å². The van der Waals surface area contributed by atoms with Crippen LogP contribution in [0.15, 0.2) is 42.6 Å². The highest BCUT2D eigenvalue weighted by atomic mass is 15.1. The van der Waals surface area contributed by atoms with Crippen molar-refractivity contribution in [3.63, 3.8) is 0 Å². The molecule has 0 spiro atoms. The Hall–Kier alpha value is -2.03. The molecule has 0 atom stereocenters. The van der Waals surface area contributed by atoms with Gasteiger partial charge in [-0.15, -0.1) is 0 Å². The summed E-state index contributed by atoms with van der Waals surface area (Å²) < 4.78 is 0. The summed E-state index contributed by atoms with van der Waals surface area (Å²) in [6.07, 6.45) is 1.81. The van der Waals surface area contributed by atoms with Crippen molar-refractivity contribution in [2.24, 2.45) is 0 Å². The van der Waals surface area contributed by atoms with Gasteiger partial charge in [0.05, 0.1) is 0 Å². The normalized spacial score (nSPS) is 10.2. The highest BCUT2D eigenvalue weighted by molar-refractivity contribution is 5.51. The molecule has 0 saturated carbocycles. The molecule has 1 aromatic heterocycles. The molecule has 1 aromatic carbocycles. The van der Waals surface area contributed by atoms with Gasteiger partial charge in [0.25, 0.3) is 0 Å². The van der Waals surface area contributed by atoms with Gasteiger partial charge in [0.15, 0.2) is 0 Å². The van der Waals surface area contributed by atoms with Crippen molar-refractivity contribution in [3.05, 3.63) is 53.7 Å². The average molecular weight is 241 g/mol. The third kappa shape index (κ3) is 2.80. The maximum Gasteiger partial charge on any atom is 0.130 e. The number of benzene rings is 1. The summed E-state index contributed by atoms with van der Waals surface area (Å²) in [6.45, 7) is 2.95. The second kappa shape index (κ2) is 5.54. The van der Waals surface area contributed by atoms with Crippen LogP contribution in [-0.2, 0) is 6.54 Å². The predicted octanol–water partition coefficient (Wildman–Crippen LogP) is 3.07. The number of aromatic nitrogens is 1. The second-order valence-corrected chi connectivity index (χ2v) is 4.46. The van der Waals surface area contributed by atoms with Crippen LogP contribution in [-0.4, -0.2) is 19.1 Å². The van der Waals surface area contributed by atoms with E-state index in [1.807, 2.05) is 19.3 Å². The average Bonchev–Trinajstić information content (AvgIpc) is 2.39. The maximum atomic E-state index is 4.32. The van der Waals surface area contributed by atoms with Crippen molar-refractivity contribution in [2.75, 3.05) is 24.3 Å². The van der Waals surface area contributed by atoms with E-state index >= 15 is 0 Å². The fraction of sp³-hybridized carbons (Fsp3) is 0.267. The fourth-order valence-corrected chi connectivity index (χ4v) is 2.00. The zero-order valence-corrected chi connectivity index (χ0v) is 11.1. The summed E-state index contributed by atoms with van der Waals surface area (Å²) in [5.74, 6) is 0.942. The first-order valence-corrected chi connectivity index (χ1v) is 6.10. The van der Waals surface area contributed by atoms with Gasteiger partial charge in [0, 0.05) is 38.1 Å². The predicted molar refractivity (Wildman–Crippen MR) is 77.1 cm³/mol. The Morgan fingerprint density at radius 2 is 2.06 bits per heavy atom. The van der Waals surface area contributed by atoms with E-state index < -0.39 is 0 Å². The number of nitrogens with zero attached hydrogens (tertiary/aromatic N) is 2. The molecule has 0 bridgehead atoms. The van der Waals surface area contributed by atoms with Crippen molar-refractivity contribution in [2.45, 2.75) is 13.5 Å². The fourth-order valence-electron chi connectivity index (χ4n) is 2.00. The number of hydrogen-bond donors (Lipinski definition) is 1. The molecule has 0 saturated heterocycles. The van der Waals surface area contributed by atoms with Crippen LogP contribution in [0.1, 0.15) is 11.1 Å². The molecule has 1 N–H and O–H groups in total. The zero-order valence-electron chi connectivity index (χ0n) is 11.1. The molecule has 2 rings (SSSR count). The van der Waals surface area contributed by atoms with Gasteiger partial charge < -0.3 is 10.2 Å². The number of pyridine rings is 1. The summed E-state index contributed by atoms with van der Waals surface area (Å²) in [4.78, 5) is 6.55. The number of hydrogen-bond acceptors (Lipinski definition) is 3. The van der Waals surface area contributed by atoms with Gasteiger partial charge >= 0.3 is 0 Å². The minimum atomic E-state index is 0.841. The monoisotopic (exact) mass is 241 g/mol. The van der Waals surface area contributed by atoms with Crippen molar-refractivity contribution < 1.29 is 0 Å². The maximum absolute atomic E-state index is 4.32. The summed E-state index contributed by atoms with van der Waals surface area (Å²) >= 11 is 0. The molecule has 0 fully saturated rings. The summed E-state index contributed by atoms with van der Waals surface area (Å²) in [5.41, 5.74) is 3.70. The lowest BCUT2D eigenvalue weighted by atomic mass is 10.2. The van der Waals surface area contributed by atoms with E-state index in [4.69, 9.17) is 0 Å². The number of anilines is 2. The molecule has 0 radical (unpaired) electrons. The van der Waals surface area contributed by atoms with Crippen LogP contribution in [0.4, 0.5) is 11.5 Å². The Morgan fingerprint density at radius 1 is 1.22 bits per heavy atom. The largest absolute Gasteiger partial charge is 0.373 e. The summed E-state index contributed by atoms with van der Waals surface area (Å²) in [6, 6.07) is 12.6. The van der Waals surface area contributed by atoms with Gasteiger partial charge in [-0.3, -0.25) is 0 Å². The molecule has 0 unspecified atom stereocenters. The first-order chi connectivity index (χ1) is 8.70. The first-order valence-electron chi connectivity index (χ1n) is 6.10. The molecule has 0 aliphatic heterocycles. The molecular weight excluding hydrogens is 222 g/mol. The van der Waals surface area contributed by atoms with Crippen LogP contribution in [0.25, 0.3) is 0 Å². The summed E-state index contributed by atoms with van der Waals surface area (Å²) in [5, 5.41) is 3.13. The molecule has 2 aromatic rings. The van der Waals surface area contributed by atoms with Crippen LogP contribution in [0, 0.1) is 6.92 Å². The molecule has 3 nitrogen and oxygen atoms in total. The Labute approximate surface area is 108 Å². The Morgan fingerprint density at radius 3 is 2.78 bits per heavy atom. The van der Waals surface area contributed by atoms with E-state index in [1.54, 1.807) is 0 Å². The summed E-state index contributed by atoms with van der Waals surface area (Å²) in [7, 11) is 4.00. The van der Waals surface area contributed by atoms with Crippen LogP contribution in [0.5, 0.6) is 0 Å². The minimum absolute atomic E-state index is 0.841. The van der Waals surface area contributed by atoms with Crippen molar-refractivity contribution >= 4 is 11.5 Å². The molecule has 3 heteroatoms. The molecule has 1 heterocycles. The van der Waals surface area contributed by atoms with Gasteiger partial charge in [-0.1, -0.05) is 18.2 Å². The van der Waals surface area contributed by atoms with Crippen LogP contribution >= 0.6 is 0 Å². The Kier molecular flexibility index (Phi) is 3.82. The zero-order chi connectivity index (χ0) is 13.0. The van der Waals surface area contributed by atoms with Gasteiger partial charge in [0.1, 0.15) is 5.82 Å². The minimum Gasteiger partial charge on any atom is -0.373 e. The first kappa shape index (κ1) is 12.4. The standard InChI is InChI=1S/C15H19N3/c1-12-6-4-8-14(10-12)18(3)11-13-7-5-9-17-15(13)16-2/h4-10H,11H2,1-3H3,(H,16,17). The molecular formula is C15H19N3. The lowest BCUT2D eigenvalue weighted by Gasteiger charge is -2.21. The molecule has 0 aliphatic carbocycles. The Balaban J connectivity index is 2.18. The SMILES string of the molecule is CNc1ncccc1CN(C)c1cccc(C)c1. The molecule has 0 amide bonds. The van der Waals surface area contributed by atoms with Gasteiger partial charge in [0.2, 0.25) is 0 Å². The van der Waals surface area contributed by atoms with Crippen LogP contribution in [0.3, 0.4) is 0 Å². The van der Waals surface area contributed by atoms with Gasteiger partial charge in [-0.2, -0.15) is 0 Å². The second-order valence-electron chi connectivity index (χ2n) is 4.46. The van der Waals surface area contributed by atoms with E-state index in [-0.39, 0.29) is 0 Å². The van der Waals surface area contributed by atoms with Gasteiger partial charge in [-0.05, 0) is 30.7 Å². The third-order valence-electron chi connectivity index (χ3n) is 2.98. The van der Waals surface area contributed by atoms with Crippen molar-refractivity contribution in [1.29, 1.82) is 0 Å². The van der Waals surface area contributed by atoms with E-state index in [2.05, 4.69) is 59.5 Å². The quantitative estimate of drug-likeness (QED) is 0.891. The molecule has 18 heavy (non-hydrogen) atoms. The van der Waals surface area contributed by atoms with Gasteiger partial charge in [-0.25, -0.2) is 4.98 Å². The van der Waals surface area contributed by atoms with Crippen LogP contribution in [0.2, 0.25) is 0 Å². The van der Waals surface area contributed by atoms with Crippen molar-refractivity contribution in [3.8, 4) is 0 Å². The number of rotatable bonds is 4. The topological polar surface area (TPSA) is 28.2 Å². The highest BCUT2D eigenvalue weighted by Gasteiger charge is 2.06. The van der Waals surface area contributed by atoms with Crippen molar-refractivity contribution in [1.82, 2.24) is 4.98 Å². The smallest absolute Gasteiger partial charge is 0.130 e. The highest BCUT2D eigenvalue weighted by Crippen LogP contribution is 2.19. The van der Waals surface area contributed by atoms with Crippen LogP contribution < -0.4 is 10.2 Å². The Bertz CT molecular complexity index is 523. The molecule has 0 aliphatic rings. The van der Waals surface area contributed by atoms with E-state index in [9.17, 15) is 0 Å².